The van der Waals surface area contributed by atoms with Crippen LogP contribution in [-0.4, -0.2) is 31.7 Å². The van der Waals surface area contributed by atoms with Crippen LogP contribution in [0, 0.1) is 5.92 Å². The Morgan fingerprint density at radius 1 is 1.14 bits per heavy atom. The Morgan fingerprint density at radius 2 is 1.83 bits per heavy atom. The first-order chi connectivity index (χ1) is 13.6. The number of alkyl halides is 3. The van der Waals surface area contributed by atoms with Crippen LogP contribution in [0.2, 0.25) is 5.02 Å². The van der Waals surface area contributed by atoms with Gasteiger partial charge in [0.15, 0.2) is 0 Å². The molecule has 29 heavy (non-hydrogen) atoms. The number of hydrogen-bond donors (Lipinski definition) is 1. The third-order valence-electron chi connectivity index (χ3n) is 4.68. The van der Waals surface area contributed by atoms with E-state index in [1.165, 1.54) is 22.5 Å². The number of benzene rings is 2. The minimum Gasteiger partial charge on any atom is -0.326 e. The molecular formula is C19H18ClF3N2O3S. The fourth-order valence-corrected chi connectivity index (χ4v) is 4.95. The lowest BCUT2D eigenvalue weighted by atomic mass is 9.98. The number of carbonyl (C=O) groups excluding carboxylic acids is 1. The first kappa shape index (κ1) is 21.6. The lowest BCUT2D eigenvalue weighted by molar-refractivity contribution is -0.137. The Labute approximate surface area is 171 Å². The number of nitrogens with zero attached hydrogens (tertiary/aromatic N) is 1. The summed E-state index contributed by atoms with van der Waals surface area (Å²) < 4.78 is 65.7. The van der Waals surface area contributed by atoms with E-state index in [9.17, 15) is 26.4 Å². The average Bonchev–Trinajstić information content (AvgIpc) is 2.69. The van der Waals surface area contributed by atoms with E-state index >= 15 is 0 Å². The zero-order chi connectivity index (χ0) is 21.2. The van der Waals surface area contributed by atoms with Crippen LogP contribution in [0.15, 0.2) is 53.4 Å². The van der Waals surface area contributed by atoms with Crippen molar-refractivity contribution >= 4 is 33.2 Å². The van der Waals surface area contributed by atoms with Crippen molar-refractivity contribution in [2.45, 2.75) is 23.9 Å². The van der Waals surface area contributed by atoms with Crippen LogP contribution < -0.4 is 5.32 Å². The van der Waals surface area contributed by atoms with Gasteiger partial charge in [0, 0.05) is 18.8 Å². The van der Waals surface area contributed by atoms with E-state index in [1.807, 2.05) is 0 Å². The summed E-state index contributed by atoms with van der Waals surface area (Å²) in [4.78, 5) is 12.7. The molecule has 0 aromatic heterocycles. The SMILES string of the molecule is O=C(Nc1ccc(Cl)c(C(F)(F)F)c1)[C@@H]1CCCN(S(=O)(=O)c2ccccc2)C1. The molecule has 1 aliphatic heterocycles. The number of halogens is 4. The number of rotatable bonds is 4. The molecule has 1 N–H and O–H groups in total. The van der Waals surface area contributed by atoms with Crippen LogP contribution in [0.1, 0.15) is 18.4 Å². The van der Waals surface area contributed by atoms with Crippen molar-refractivity contribution in [3.8, 4) is 0 Å². The molecule has 1 fully saturated rings. The number of sulfonamides is 1. The maximum absolute atomic E-state index is 13.0. The first-order valence-corrected chi connectivity index (χ1v) is 10.6. The number of nitrogens with one attached hydrogen (secondary N) is 1. The Morgan fingerprint density at radius 3 is 2.48 bits per heavy atom. The van der Waals surface area contributed by atoms with Crippen molar-refractivity contribution < 1.29 is 26.4 Å². The molecule has 0 spiro atoms. The van der Waals surface area contributed by atoms with E-state index in [-0.39, 0.29) is 23.7 Å². The predicted molar refractivity (Wildman–Crippen MR) is 103 cm³/mol. The summed E-state index contributed by atoms with van der Waals surface area (Å²) in [6, 6.07) is 11.0. The second kappa shape index (κ2) is 8.33. The largest absolute Gasteiger partial charge is 0.417 e. The van der Waals surface area contributed by atoms with Gasteiger partial charge in [-0.1, -0.05) is 29.8 Å². The highest BCUT2D eigenvalue weighted by Gasteiger charge is 2.35. The van der Waals surface area contributed by atoms with Crippen molar-refractivity contribution in [2.75, 3.05) is 18.4 Å². The molecule has 1 amide bonds. The van der Waals surface area contributed by atoms with Gasteiger partial charge in [-0.15, -0.1) is 0 Å². The molecule has 10 heteroatoms. The van der Waals surface area contributed by atoms with Gasteiger partial charge in [0.1, 0.15) is 0 Å². The lowest BCUT2D eigenvalue weighted by Gasteiger charge is -2.31. The summed E-state index contributed by atoms with van der Waals surface area (Å²) in [5, 5.41) is 1.98. The summed E-state index contributed by atoms with van der Waals surface area (Å²) in [5.41, 5.74) is -1.09. The molecule has 0 saturated carbocycles. The fraction of sp³-hybridized carbons (Fsp3) is 0.316. The van der Waals surface area contributed by atoms with E-state index < -0.39 is 38.6 Å². The summed E-state index contributed by atoms with van der Waals surface area (Å²) in [6.45, 7) is 0.239. The highest BCUT2D eigenvalue weighted by Crippen LogP contribution is 2.36. The van der Waals surface area contributed by atoms with Crippen LogP contribution in [0.3, 0.4) is 0 Å². The first-order valence-electron chi connectivity index (χ1n) is 8.82. The Hall–Kier alpha value is -2.10. The van der Waals surface area contributed by atoms with E-state index in [0.717, 1.165) is 12.1 Å². The van der Waals surface area contributed by atoms with Gasteiger partial charge in [0.25, 0.3) is 0 Å². The van der Waals surface area contributed by atoms with Gasteiger partial charge in [0.05, 0.1) is 21.4 Å². The molecule has 0 bridgehead atoms. The predicted octanol–water partition coefficient (Wildman–Crippen LogP) is 4.40. The zero-order valence-corrected chi connectivity index (χ0v) is 16.7. The average molecular weight is 447 g/mol. The normalized spacial score (nSPS) is 18.4. The van der Waals surface area contributed by atoms with Gasteiger partial charge in [-0.3, -0.25) is 4.79 Å². The summed E-state index contributed by atoms with van der Waals surface area (Å²) in [5.74, 6) is -1.21. The third-order valence-corrected chi connectivity index (χ3v) is 6.88. The number of hydrogen-bond acceptors (Lipinski definition) is 3. The quantitative estimate of drug-likeness (QED) is 0.757. The topological polar surface area (TPSA) is 66.5 Å². The van der Waals surface area contributed by atoms with E-state index in [2.05, 4.69) is 5.32 Å². The third kappa shape index (κ3) is 4.91. The van der Waals surface area contributed by atoms with Gasteiger partial charge in [0.2, 0.25) is 15.9 Å². The molecule has 2 aromatic carbocycles. The molecule has 156 valence electrons. The molecule has 1 saturated heterocycles. The van der Waals surface area contributed by atoms with Gasteiger partial charge in [-0.25, -0.2) is 8.42 Å². The van der Waals surface area contributed by atoms with Crippen LogP contribution in [0.4, 0.5) is 18.9 Å². The van der Waals surface area contributed by atoms with Crippen molar-refractivity contribution in [1.82, 2.24) is 4.31 Å². The number of amides is 1. The second-order valence-electron chi connectivity index (χ2n) is 6.70. The van der Waals surface area contributed by atoms with E-state index in [1.54, 1.807) is 18.2 Å². The standard InChI is InChI=1S/C19H18ClF3N2O3S/c20-17-9-8-14(11-16(17)19(21,22)23)24-18(26)13-5-4-10-25(12-13)29(27,28)15-6-2-1-3-7-15/h1-3,6-9,11,13H,4-5,10,12H2,(H,24,26)/t13-/m1/s1. The Balaban J connectivity index is 1.74. The van der Waals surface area contributed by atoms with Crippen molar-refractivity contribution in [1.29, 1.82) is 0 Å². The van der Waals surface area contributed by atoms with Crippen molar-refractivity contribution in [2.24, 2.45) is 5.92 Å². The van der Waals surface area contributed by atoms with Crippen LogP contribution in [0.5, 0.6) is 0 Å². The van der Waals surface area contributed by atoms with Crippen LogP contribution >= 0.6 is 11.6 Å². The van der Waals surface area contributed by atoms with Crippen molar-refractivity contribution in [3.05, 3.63) is 59.1 Å². The van der Waals surface area contributed by atoms with E-state index in [0.29, 0.717) is 12.8 Å². The van der Waals surface area contributed by atoms with Crippen LogP contribution in [0.25, 0.3) is 0 Å². The van der Waals surface area contributed by atoms with Gasteiger partial charge >= 0.3 is 6.18 Å². The smallest absolute Gasteiger partial charge is 0.326 e. The fourth-order valence-electron chi connectivity index (χ4n) is 3.18. The lowest BCUT2D eigenvalue weighted by Crippen LogP contribution is -2.43. The van der Waals surface area contributed by atoms with Crippen LogP contribution in [-0.2, 0) is 21.0 Å². The molecule has 1 aliphatic rings. The molecule has 2 aromatic rings. The van der Waals surface area contributed by atoms with Gasteiger partial charge < -0.3 is 5.32 Å². The molecule has 0 radical (unpaired) electrons. The Bertz CT molecular complexity index is 998. The van der Waals surface area contributed by atoms with Gasteiger partial charge in [-0.2, -0.15) is 17.5 Å². The number of carbonyl (C=O) groups is 1. The monoisotopic (exact) mass is 446 g/mol. The molecule has 3 rings (SSSR count). The molecule has 0 unspecified atom stereocenters. The maximum Gasteiger partial charge on any atom is 0.417 e. The Kier molecular flexibility index (Phi) is 6.21. The summed E-state index contributed by atoms with van der Waals surface area (Å²) in [7, 11) is -3.75. The van der Waals surface area contributed by atoms with E-state index in [4.69, 9.17) is 11.6 Å². The molecule has 5 nitrogen and oxygen atoms in total. The van der Waals surface area contributed by atoms with Gasteiger partial charge in [-0.05, 0) is 43.2 Å². The molecular weight excluding hydrogens is 429 g/mol. The zero-order valence-electron chi connectivity index (χ0n) is 15.1. The minimum atomic E-state index is -4.65. The maximum atomic E-state index is 13.0. The summed E-state index contributed by atoms with van der Waals surface area (Å²) in [6.07, 6.45) is -3.74. The number of anilines is 1. The highest BCUT2D eigenvalue weighted by atomic mass is 35.5. The minimum absolute atomic E-state index is 0.0389. The second-order valence-corrected chi connectivity index (χ2v) is 9.04. The molecule has 1 atom stereocenters. The summed E-state index contributed by atoms with van der Waals surface area (Å²) >= 11 is 5.59. The molecule has 1 heterocycles. The molecule has 0 aliphatic carbocycles. The number of piperidine rings is 1. The highest BCUT2D eigenvalue weighted by molar-refractivity contribution is 7.89. The van der Waals surface area contributed by atoms with Crippen molar-refractivity contribution in [3.63, 3.8) is 0 Å².